The Balaban J connectivity index is 1.51. The van der Waals surface area contributed by atoms with Crippen LogP contribution < -0.4 is 5.32 Å². The molecule has 0 unspecified atom stereocenters. The Labute approximate surface area is 124 Å². The first-order valence-electron chi connectivity index (χ1n) is 7.18. The second kappa shape index (κ2) is 6.27. The highest BCUT2D eigenvalue weighted by Gasteiger charge is 2.03. The zero-order valence-electron chi connectivity index (χ0n) is 11.8. The monoisotopic (exact) mass is 278 g/mol. The Morgan fingerprint density at radius 2 is 1.86 bits per heavy atom. The fraction of sp³-hybridized carbons (Fsp3) is 0.167. The smallest absolute Gasteiger partial charge is 0.220 e. The summed E-state index contributed by atoms with van der Waals surface area (Å²) in [5.41, 5.74) is 3.43. The Hall–Kier alpha value is -2.55. The largest absolute Gasteiger partial charge is 0.361 e. The van der Waals surface area contributed by atoms with Crippen molar-refractivity contribution in [3.63, 3.8) is 0 Å². The minimum absolute atomic E-state index is 0.0884. The molecule has 106 valence electrons. The summed E-state index contributed by atoms with van der Waals surface area (Å²) in [4.78, 5) is 15.1. The topological polar surface area (TPSA) is 44.9 Å². The first kappa shape index (κ1) is 13.4. The molecule has 0 saturated carbocycles. The molecule has 1 heterocycles. The van der Waals surface area contributed by atoms with Gasteiger partial charge in [0, 0.05) is 24.7 Å². The van der Waals surface area contributed by atoms with Gasteiger partial charge in [-0.25, -0.2) is 0 Å². The van der Waals surface area contributed by atoms with Crippen molar-refractivity contribution in [2.45, 2.75) is 19.4 Å². The van der Waals surface area contributed by atoms with Crippen molar-refractivity contribution in [2.75, 3.05) is 0 Å². The molecule has 2 aromatic carbocycles. The van der Waals surface area contributed by atoms with Gasteiger partial charge in [0.25, 0.3) is 0 Å². The van der Waals surface area contributed by atoms with Gasteiger partial charge in [-0.2, -0.15) is 0 Å². The molecule has 3 aromatic rings. The van der Waals surface area contributed by atoms with Gasteiger partial charge in [0.15, 0.2) is 0 Å². The van der Waals surface area contributed by atoms with Crippen molar-refractivity contribution in [3.05, 3.63) is 71.9 Å². The summed E-state index contributed by atoms with van der Waals surface area (Å²) in [6.45, 7) is 0.593. The first-order valence-corrected chi connectivity index (χ1v) is 7.18. The van der Waals surface area contributed by atoms with E-state index in [0.717, 1.165) is 17.5 Å². The summed E-state index contributed by atoms with van der Waals surface area (Å²) < 4.78 is 0. The van der Waals surface area contributed by atoms with E-state index in [0.29, 0.717) is 13.0 Å². The number of benzene rings is 2. The fourth-order valence-corrected chi connectivity index (χ4v) is 2.39. The predicted octanol–water partition coefficient (Wildman–Crippen LogP) is 3.42. The quantitative estimate of drug-likeness (QED) is 0.738. The summed E-state index contributed by atoms with van der Waals surface area (Å²) in [7, 11) is 0. The Bertz CT molecular complexity index is 731. The number of hydrogen-bond donors (Lipinski definition) is 2. The molecule has 0 spiro atoms. The average molecular weight is 278 g/mol. The molecule has 21 heavy (non-hydrogen) atoms. The highest BCUT2D eigenvalue weighted by molar-refractivity contribution is 5.80. The number of rotatable bonds is 5. The molecule has 0 atom stereocenters. The molecule has 3 nitrogen and oxygen atoms in total. The predicted molar refractivity (Wildman–Crippen MR) is 84.9 cm³/mol. The maximum Gasteiger partial charge on any atom is 0.220 e. The van der Waals surface area contributed by atoms with Gasteiger partial charge in [-0.05, 0) is 35.1 Å². The lowest BCUT2D eigenvalue weighted by molar-refractivity contribution is -0.121. The molecule has 2 N–H and O–H groups in total. The van der Waals surface area contributed by atoms with Crippen molar-refractivity contribution >= 4 is 16.8 Å². The number of nitrogens with one attached hydrogen (secondary N) is 2. The van der Waals surface area contributed by atoms with Gasteiger partial charge in [-0.15, -0.1) is 0 Å². The first-order chi connectivity index (χ1) is 10.3. The second-order valence-corrected chi connectivity index (χ2v) is 5.16. The zero-order valence-corrected chi connectivity index (χ0v) is 11.8. The van der Waals surface area contributed by atoms with Crippen LogP contribution in [-0.2, 0) is 17.8 Å². The van der Waals surface area contributed by atoms with Gasteiger partial charge in [0.05, 0.1) is 0 Å². The number of aromatic nitrogens is 1. The number of amides is 1. The number of fused-ring (bicyclic) bond motifs is 1. The molecule has 0 aliphatic carbocycles. The maximum atomic E-state index is 11.9. The Morgan fingerprint density at radius 3 is 2.71 bits per heavy atom. The Kier molecular flexibility index (Phi) is 4.01. The van der Waals surface area contributed by atoms with Crippen molar-refractivity contribution < 1.29 is 4.79 Å². The molecule has 1 amide bonds. The molecule has 3 rings (SSSR count). The van der Waals surface area contributed by atoms with E-state index in [1.807, 2.05) is 42.6 Å². The van der Waals surface area contributed by atoms with Crippen LogP contribution in [0.2, 0.25) is 0 Å². The van der Waals surface area contributed by atoms with Crippen LogP contribution in [0, 0.1) is 0 Å². The van der Waals surface area contributed by atoms with E-state index < -0.39 is 0 Å². The lowest BCUT2D eigenvalue weighted by Crippen LogP contribution is -2.22. The van der Waals surface area contributed by atoms with E-state index in [4.69, 9.17) is 0 Å². The van der Waals surface area contributed by atoms with Gasteiger partial charge < -0.3 is 10.3 Å². The van der Waals surface area contributed by atoms with E-state index in [9.17, 15) is 4.79 Å². The van der Waals surface area contributed by atoms with Crippen LogP contribution >= 0.6 is 0 Å². The van der Waals surface area contributed by atoms with Crippen LogP contribution in [-0.4, -0.2) is 10.9 Å². The summed E-state index contributed by atoms with van der Waals surface area (Å²) in [6, 6.07) is 18.3. The molecule has 3 heteroatoms. The third-order valence-electron chi connectivity index (χ3n) is 3.59. The third kappa shape index (κ3) is 3.51. The molecular formula is C18H18N2O. The van der Waals surface area contributed by atoms with Crippen molar-refractivity contribution in [1.29, 1.82) is 0 Å². The fourth-order valence-electron chi connectivity index (χ4n) is 2.39. The highest BCUT2D eigenvalue weighted by Crippen LogP contribution is 2.15. The highest BCUT2D eigenvalue weighted by atomic mass is 16.1. The van der Waals surface area contributed by atoms with Gasteiger partial charge in [0.1, 0.15) is 0 Å². The number of H-pyrrole nitrogens is 1. The molecule has 0 radical (unpaired) electrons. The lowest BCUT2D eigenvalue weighted by Gasteiger charge is -2.05. The van der Waals surface area contributed by atoms with Gasteiger partial charge in [0.2, 0.25) is 5.91 Å². The van der Waals surface area contributed by atoms with Crippen molar-refractivity contribution in [3.8, 4) is 0 Å². The van der Waals surface area contributed by atoms with Crippen molar-refractivity contribution in [1.82, 2.24) is 10.3 Å². The standard InChI is InChI=1S/C18H18N2O/c21-18(20-13-15-4-2-1-3-5-15)9-7-14-6-8-16-10-11-19-17(16)12-14/h1-6,8,10-12,19H,7,9,13H2,(H,20,21). The lowest BCUT2D eigenvalue weighted by atomic mass is 10.1. The minimum Gasteiger partial charge on any atom is -0.361 e. The molecule has 0 aliphatic rings. The van der Waals surface area contributed by atoms with Crippen molar-refractivity contribution in [2.24, 2.45) is 0 Å². The summed E-state index contributed by atoms with van der Waals surface area (Å²) in [5, 5.41) is 4.16. The van der Waals surface area contributed by atoms with Crippen LogP contribution in [0.15, 0.2) is 60.8 Å². The SMILES string of the molecule is O=C(CCc1ccc2cc[nH]c2c1)NCc1ccccc1. The number of aryl methyl sites for hydroxylation is 1. The maximum absolute atomic E-state index is 11.9. The van der Waals surface area contributed by atoms with Crippen LogP contribution in [0.25, 0.3) is 10.9 Å². The van der Waals surface area contributed by atoms with Gasteiger partial charge in [-0.3, -0.25) is 4.79 Å². The number of carbonyl (C=O) groups is 1. The summed E-state index contributed by atoms with van der Waals surface area (Å²) in [5.74, 6) is 0.0884. The van der Waals surface area contributed by atoms with Crippen LogP contribution in [0.5, 0.6) is 0 Å². The minimum atomic E-state index is 0.0884. The number of carbonyl (C=O) groups excluding carboxylic acids is 1. The van der Waals surface area contributed by atoms with E-state index in [1.54, 1.807) is 0 Å². The summed E-state index contributed by atoms with van der Waals surface area (Å²) >= 11 is 0. The number of hydrogen-bond acceptors (Lipinski definition) is 1. The normalized spacial score (nSPS) is 10.7. The second-order valence-electron chi connectivity index (χ2n) is 5.16. The van der Waals surface area contributed by atoms with Crippen LogP contribution in [0.1, 0.15) is 17.5 Å². The number of aromatic amines is 1. The van der Waals surface area contributed by atoms with Crippen LogP contribution in [0.3, 0.4) is 0 Å². The van der Waals surface area contributed by atoms with Gasteiger partial charge >= 0.3 is 0 Å². The van der Waals surface area contributed by atoms with E-state index >= 15 is 0 Å². The molecule has 0 fully saturated rings. The summed E-state index contributed by atoms with van der Waals surface area (Å²) in [6.07, 6.45) is 3.20. The van der Waals surface area contributed by atoms with E-state index in [1.165, 1.54) is 10.9 Å². The molecular weight excluding hydrogens is 260 g/mol. The molecule has 0 aliphatic heterocycles. The Morgan fingerprint density at radius 1 is 1.00 bits per heavy atom. The third-order valence-corrected chi connectivity index (χ3v) is 3.59. The zero-order chi connectivity index (χ0) is 14.5. The van der Waals surface area contributed by atoms with Gasteiger partial charge in [-0.1, -0.05) is 42.5 Å². The molecule has 0 saturated heterocycles. The van der Waals surface area contributed by atoms with E-state index in [-0.39, 0.29) is 5.91 Å². The average Bonchev–Trinajstić information content (AvgIpc) is 2.99. The molecule has 1 aromatic heterocycles. The van der Waals surface area contributed by atoms with Crippen LogP contribution in [0.4, 0.5) is 0 Å². The molecule has 0 bridgehead atoms. The van der Waals surface area contributed by atoms with E-state index in [2.05, 4.69) is 28.5 Å².